The van der Waals surface area contributed by atoms with Gasteiger partial charge in [-0.15, -0.1) is 0 Å². The van der Waals surface area contributed by atoms with Crippen molar-refractivity contribution >= 4 is 5.69 Å². The second-order valence-electron chi connectivity index (χ2n) is 4.68. The Kier molecular flexibility index (Phi) is 4.23. The molecule has 1 aromatic carbocycles. The van der Waals surface area contributed by atoms with Gasteiger partial charge < -0.3 is 10.2 Å². The summed E-state index contributed by atoms with van der Waals surface area (Å²) in [7, 11) is 2.03. The third-order valence-electron chi connectivity index (χ3n) is 3.45. The molecule has 1 saturated heterocycles. The van der Waals surface area contributed by atoms with Gasteiger partial charge in [0.1, 0.15) is 0 Å². The minimum atomic E-state index is 0.897. The maximum atomic E-state index is 3.22. The standard InChI is InChI=1S/C14H22N2/c1-15-10-5-6-13-9-11-16(12-13)14-7-3-2-4-8-14/h2-4,7-8,13,15H,5-6,9-12H2,1H3. The zero-order chi connectivity index (χ0) is 11.2. The Morgan fingerprint density at radius 2 is 2.12 bits per heavy atom. The molecule has 1 aromatic rings. The molecule has 1 atom stereocenters. The van der Waals surface area contributed by atoms with E-state index in [4.69, 9.17) is 0 Å². The molecule has 0 saturated carbocycles. The van der Waals surface area contributed by atoms with Crippen LogP contribution in [0.5, 0.6) is 0 Å². The summed E-state index contributed by atoms with van der Waals surface area (Å²) < 4.78 is 0. The Morgan fingerprint density at radius 1 is 1.31 bits per heavy atom. The van der Waals surface area contributed by atoms with Gasteiger partial charge in [0.2, 0.25) is 0 Å². The summed E-state index contributed by atoms with van der Waals surface area (Å²) in [5.41, 5.74) is 1.39. The van der Waals surface area contributed by atoms with Gasteiger partial charge in [0, 0.05) is 18.8 Å². The number of benzene rings is 1. The summed E-state index contributed by atoms with van der Waals surface area (Å²) in [6.07, 6.45) is 4.03. The van der Waals surface area contributed by atoms with Crippen LogP contribution in [0.3, 0.4) is 0 Å². The second kappa shape index (κ2) is 5.90. The van der Waals surface area contributed by atoms with Crippen molar-refractivity contribution in [1.82, 2.24) is 5.32 Å². The summed E-state index contributed by atoms with van der Waals surface area (Å²) in [6.45, 7) is 3.63. The van der Waals surface area contributed by atoms with Crippen LogP contribution < -0.4 is 10.2 Å². The lowest BCUT2D eigenvalue weighted by molar-refractivity contribution is 0.506. The number of nitrogens with one attached hydrogen (secondary N) is 1. The van der Waals surface area contributed by atoms with Gasteiger partial charge in [-0.25, -0.2) is 0 Å². The van der Waals surface area contributed by atoms with Gasteiger partial charge in [-0.1, -0.05) is 18.2 Å². The fourth-order valence-electron chi connectivity index (χ4n) is 2.51. The third kappa shape index (κ3) is 2.99. The predicted molar refractivity (Wildman–Crippen MR) is 69.9 cm³/mol. The van der Waals surface area contributed by atoms with Crippen LogP contribution in [-0.2, 0) is 0 Å². The highest BCUT2D eigenvalue weighted by molar-refractivity contribution is 5.46. The molecule has 2 nitrogen and oxygen atoms in total. The van der Waals surface area contributed by atoms with Crippen LogP contribution in [0.1, 0.15) is 19.3 Å². The number of rotatable bonds is 5. The first-order valence-electron chi connectivity index (χ1n) is 6.35. The van der Waals surface area contributed by atoms with Crippen LogP contribution in [0.25, 0.3) is 0 Å². The molecule has 0 spiro atoms. The number of nitrogens with zero attached hydrogens (tertiary/aromatic N) is 1. The van der Waals surface area contributed by atoms with Crippen LogP contribution in [0.15, 0.2) is 30.3 Å². The molecular formula is C14H22N2. The first-order chi connectivity index (χ1) is 7.90. The average molecular weight is 218 g/mol. The lowest BCUT2D eigenvalue weighted by Crippen LogP contribution is -2.19. The first kappa shape index (κ1) is 11.5. The Hall–Kier alpha value is -1.02. The van der Waals surface area contributed by atoms with Crippen molar-refractivity contribution in [3.05, 3.63) is 30.3 Å². The normalized spacial score (nSPS) is 20.3. The van der Waals surface area contributed by atoms with Gasteiger partial charge in [0.05, 0.1) is 0 Å². The van der Waals surface area contributed by atoms with Crippen LogP contribution in [0, 0.1) is 5.92 Å². The highest BCUT2D eigenvalue weighted by atomic mass is 15.1. The van der Waals surface area contributed by atoms with Gasteiger partial charge in [0.25, 0.3) is 0 Å². The zero-order valence-corrected chi connectivity index (χ0v) is 10.2. The molecule has 1 unspecified atom stereocenters. The first-order valence-corrected chi connectivity index (χ1v) is 6.35. The largest absolute Gasteiger partial charge is 0.371 e. The van der Waals surface area contributed by atoms with Crippen LogP contribution >= 0.6 is 0 Å². The monoisotopic (exact) mass is 218 g/mol. The molecule has 1 heterocycles. The molecule has 0 aromatic heterocycles. The molecule has 1 aliphatic rings. The fourth-order valence-corrected chi connectivity index (χ4v) is 2.51. The quantitative estimate of drug-likeness (QED) is 0.764. The van der Waals surface area contributed by atoms with Gasteiger partial charge >= 0.3 is 0 Å². The van der Waals surface area contributed by atoms with Crippen molar-refractivity contribution < 1.29 is 0 Å². The van der Waals surface area contributed by atoms with Crippen LogP contribution in [0.4, 0.5) is 5.69 Å². The Bertz CT molecular complexity index is 297. The maximum Gasteiger partial charge on any atom is 0.0366 e. The minimum absolute atomic E-state index is 0.897. The lowest BCUT2D eigenvalue weighted by Gasteiger charge is -2.18. The fraction of sp³-hybridized carbons (Fsp3) is 0.571. The van der Waals surface area contributed by atoms with Crippen molar-refractivity contribution in [2.45, 2.75) is 19.3 Å². The van der Waals surface area contributed by atoms with Crippen LogP contribution in [0.2, 0.25) is 0 Å². The topological polar surface area (TPSA) is 15.3 Å². The maximum absolute atomic E-state index is 3.22. The molecule has 0 amide bonds. The summed E-state index contributed by atoms with van der Waals surface area (Å²) in [5, 5.41) is 3.22. The van der Waals surface area contributed by atoms with E-state index in [0.717, 1.165) is 12.5 Å². The Labute approximate surface area is 98.7 Å². The highest BCUT2D eigenvalue weighted by Gasteiger charge is 2.21. The molecule has 0 bridgehead atoms. The number of anilines is 1. The van der Waals surface area contributed by atoms with E-state index < -0.39 is 0 Å². The molecule has 0 aliphatic carbocycles. The van der Waals surface area contributed by atoms with Crippen molar-refractivity contribution in [3.8, 4) is 0 Å². The molecular weight excluding hydrogens is 196 g/mol. The minimum Gasteiger partial charge on any atom is -0.371 e. The van der Waals surface area contributed by atoms with E-state index in [2.05, 4.69) is 40.5 Å². The van der Waals surface area contributed by atoms with E-state index in [1.807, 2.05) is 7.05 Å². The smallest absolute Gasteiger partial charge is 0.0366 e. The molecule has 2 heteroatoms. The highest BCUT2D eigenvalue weighted by Crippen LogP contribution is 2.25. The molecule has 88 valence electrons. The summed E-state index contributed by atoms with van der Waals surface area (Å²) in [5.74, 6) is 0.897. The van der Waals surface area contributed by atoms with Gasteiger partial charge in [0.15, 0.2) is 0 Å². The lowest BCUT2D eigenvalue weighted by atomic mass is 10.0. The third-order valence-corrected chi connectivity index (χ3v) is 3.45. The van der Waals surface area contributed by atoms with Crippen molar-refractivity contribution in [1.29, 1.82) is 0 Å². The van der Waals surface area contributed by atoms with Gasteiger partial charge in [-0.3, -0.25) is 0 Å². The Morgan fingerprint density at radius 3 is 2.88 bits per heavy atom. The predicted octanol–water partition coefficient (Wildman–Crippen LogP) is 2.51. The van der Waals surface area contributed by atoms with Crippen molar-refractivity contribution in [2.24, 2.45) is 5.92 Å². The Balaban J connectivity index is 1.79. The summed E-state index contributed by atoms with van der Waals surface area (Å²) in [4.78, 5) is 2.52. The van der Waals surface area contributed by atoms with Crippen molar-refractivity contribution in [3.63, 3.8) is 0 Å². The van der Waals surface area contributed by atoms with E-state index in [1.54, 1.807) is 0 Å². The SMILES string of the molecule is CNCCCC1CCN(c2ccccc2)C1. The van der Waals surface area contributed by atoms with E-state index in [9.17, 15) is 0 Å². The average Bonchev–Trinajstić information content (AvgIpc) is 2.79. The summed E-state index contributed by atoms with van der Waals surface area (Å²) in [6, 6.07) is 10.8. The van der Waals surface area contributed by atoms with Crippen LogP contribution in [-0.4, -0.2) is 26.7 Å². The zero-order valence-electron chi connectivity index (χ0n) is 10.2. The van der Waals surface area contributed by atoms with Gasteiger partial charge in [-0.05, 0) is 50.9 Å². The van der Waals surface area contributed by atoms with E-state index in [1.165, 1.54) is 38.0 Å². The van der Waals surface area contributed by atoms with E-state index in [0.29, 0.717) is 0 Å². The number of para-hydroxylation sites is 1. The van der Waals surface area contributed by atoms with Crippen molar-refractivity contribution in [2.75, 3.05) is 31.6 Å². The van der Waals surface area contributed by atoms with E-state index in [-0.39, 0.29) is 0 Å². The van der Waals surface area contributed by atoms with Gasteiger partial charge in [-0.2, -0.15) is 0 Å². The van der Waals surface area contributed by atoms with E-state index >= 15 is 0 Å². The second-order valence-corrected chi connectivity index (χ2v) is 4.68. The molecule has 1 fully saturated rings. The molecule has 2 rings (SSSR count). The molecule has 1 aliphatic heterocycles. The molecule has 1 N–H and O–H groups in total. The molecule has 16 heavy (non-hydrogen) atoms. The number of hydrogen-bond acceptors (Lipinski definition) is 2. The summed E-state index contributed by atoms with van der Waals surface area (Å²) >= 11 is 0. The molecule has 0 radical (unpaired) electrons. The number of hydrogen-bond donors (Lipinski definition) is 1.